The quantitative estimate of drug-likeness (QED) is 0.896. The molecule has 0 fully saturated rings. The maximum absolute atomic E-state index is 11.4. The molecule has 0 bridgehead atoms. The van der Waals surface area contributed by atoms with Crippen molar-refractivity contribution in [2.75, 3.05) is 0 Å². The molecule has 0 radical (unpaired) electrons. The normalized spacial score (nSPS) is 10.5. The molecule has 0 amide bonds. The van der Waals surface area contributed by atoms with Crippen molar-refractivity contribution >= 4 is 22.5 Å². The number of carboxylic acids is 1. The molecule has 0 saturated carbocycles. The number of carboxylic acid groups (broad SMARTS) is 1. The molecule has 0 aromatic heterocycles. The Kier molecular flexibility index (Phi) is 3.42. The summed E-state index contributed by atoms with van der Waals surface area (Å²) in [5.41, 5.74) is 1.19. The average Bonchev–Trinajstić information content (AvgIpc) is 2.37. The molecule has 2 aromatic carbocycles. The van der Waals surface area contributed by atoms with Crippen LogP contribution in [0.15, 0.2) is 36.4 Å². The van der Waals surface area contributed by atoms with E-state index in [2.05, 4.69) is 0 Å². The second kappa shape index (κ2) is 5.00. The third-order valence-electron chi connectivity index (χ3n) is 2.95. The van der Waals surface area contributed by atoms with Gasteiger partial charge in [-0.1, -0.05) is 31.2 Å². The number of ketones is 1. The fourth-order valence-corrected chi connectivity index (χ4v) is 1.89. The molecule has 3 heteroatoms. The Morgan fingerprint density at radius 2 is 1.78 bits per heavy atom. The minimum absolute atomic E-state index is 0.184. The zero-order chi connectivity index (χ0) is 13.1. The molecule has 0 atom stereocenters. The number of benzene rings is 2. The van der Waals surface area contributed by atoms with Gasteiger partial charge in [0.05, 0.1) is 5.56 Å². The first kappa shape index (κ1) is 12.3. The van der Waals surface area contributed by atoms with Crippen LogP contribution in [0.25, 0.3) is 10.8 Å². The van der Waals surface area contributed by atoms with Gasteiger partial charge in [-0.2, -0.15) is 0 Å². The Morgan fingerprint density at radius 1 is 1.06 bits per heavy atom. The Hall–Kier alpha value is -2.16. The molecule has 0 unspecified atom stereocenters. The fraction of sp³-hybridized carbons (Fsp3) is 0.200. The van der Waals surface area contributed by atoms with Crippen LogP contribution in [0, 0.1) is 0 Å². The summed E-state index contributed by atoms with van der Waals surface area (Å²) >= 11 is 0. The van der Waals surface area contributed by atoms with Crippen molar-refractivity contribution in [3.8, 4) is 0 Å². The smallest absolute Gasteiger partial charge is 0.335 e. The molecular formula is C15H14O3. The van der Waals surface area contributed by atoms with Gasteiger partial charge in [-0.05, 0) is 28.5 Å². The lowest BCUT2D eigenvalue weighted by Gasteiger charge is -2.04. The van der Waals surface area contributed by atoms with Gasteiger partial charge < -0.3 is 5.11 Å². The van der Waals surface area contributed by atoms with E-state index < -0.39 is 5.97 Å². The van der Waals surface area contributed by atoms with Crippen molar-refractivity contribution < 1.29 is 14.7 Å². The van der Waals surface area contributed by atoms with Crippen LogP contribution in [0.1, 0.15) is 29.3 Å². The van der Waals surface area contributed by atoms with Gasteiger partial charge in [0, 0.05) is 12.8 Å². The van der Waals surface area contributed by atoms with Crippen LogP contribution in [0.2, 0.25) is 0 Å². The zero-order valence-electron chi connectivity index (χ0n) is 10.1. The summed E-state index contributed by atoms with van der Waals surface area (Å²) < 4.78 is 0. The first-order valence-electron chi connectivity index (χ1n) is 5.88. The standard InChI is InChI=1S/C15H14O3/c1-2-14(16)8-10-3-4-11-5-6-12(15(17)18)9-13(11)7-10/h3-7,9H,2,8H2,1H3,(H,17,18). The van der Waals surface area contributed by atoms with E-state index in [-0.39, 0.29) is 11.3 Å². The van der Waals surface area contributed by atoms with Gasteiger partial charge in [0.1, 0.15) is 5.78 Å². The summed E-state index contributed by atoms with van der Waals surface area (Å²) in [7, 11) is 0. The van der Waals surface area contributed by atoms with Crippen LogP contribution in [-0.2, 0) is 11.2 Å². The number of aromatic carboxylic acids is 1. The lowest BCUT2D eigenvalue weighted by molar-refractivity contribution is -0.118. The van der Waals surface area contributed by atoms with E-state index in [1.165, 1.54) is 0 Å². The highest BCUT2D eigenvalue weighted by atomic mass is 16.4. The van der Waals surface area contributed by atoms with E-state index in [9.17, 15) is 9.59 Å². The predicted octanol–water partition coefficient (Wildman–Crippen LogP) is 3.06. The van der Waals surface area contributed by atoms with E-state index in [1.54, 1.807) is 18.2 Å². The van der Waals surface area contributed by atoms with Crippen molar-refractivity contribution in [1.29, 1.82) is 0 Å². The van der Waals surface area contributed by atoms with E-state index in [4.69, 9.17) is 5.11 Å². The summed E-state index contributed by atoms with van der Waals surface area (Å²) in [6.07, 6.45) is 0.928. The monoisotopic (exact) mass is 242 g/mol. The number of rotatable bonds is 4. The van der Waals surface area contributed by atoms with Crippen LogP contribution >= 0.6 is 0 Å². The second-order valence-corrected chi connectivity index (χ2v) is 4.27. The fourth-order valence-electron chi connectivity index (χ4n) is 1.89. The first-order valence-corrected chi connectivity index (χ1v) is 5.88. The van der Waals surface area contributed by atoms with Crippen molar-refractivity contribution in [3.63, 3.8) is 0 Å². The van der Waals surface area contributed by atoms with Crippen molar-refractivity contribution in [2.45, 2.75) is 19.8 Å². The highest BCUT2D eigenvalue weighted by Crippen LogP contribution is 2.18. The summed E-state index contributed by atoms with van der Waals surface area (Å²) in [6, 6.07) is 10.7. The second-order valence-electron chi connectivity index (χ2n) is 4.27. The average molecular weight is 242 g/mol. The SMILES string of the molecule is CCC(=O)Cc1ccc2ccc(C(=O)O)cc2c1. The molecule has 0 aliphatic heterocycles. The number of carbonyl (C=O) groups excluding carboxylic acids is 1. The molecular weight excluding hydrogens is 228 g/mol. The Morgan fingerprint density at radius 3 is 2.44 bits per heavy atom. The highest BCUT2D eigenvalue weighted by molar-refractivity contribution is 5.94. The Bertz CT molecular complexity index is 614. The summed E-state index contributed by atoms with van der Waals surface area (Å²) in [6.45, 7) is 1.84. The van der Waals surface area contributed by atoms with E-state index in [0.717, 1.165) is 16.3 Å². The molecule has 0 saturated heterocycles. The zero-order valence-corrected chi connectivity index (χ0v) is 10.1. The molecule has 0 spiro atoms. The minimum atomic E-state index is -0.938. The van der Waals surface area contributed by atoms with Crippen LogP contribution in [0.4, 0.5) is 0 Å². The molecule has 0 aliphatic carbocycles. The molecule has 0 heterocycles. The Balaban J connectivity index is 2.42. The topological polar surface area (TPSA) is 54.4 Å². The van der Waals surface area contributed by atoms with E-state index >= 15 is 0 Å². The number of Topliss-reactive ketones (excluding diaryl/α,β-unsaturated/α-hetero) is 1. The maximum Gasteiger partial charge on any atom is 0.335 e. The molecule has 3 nitrogen and oxygen atoms in total. The molecule has 1 N–H and O–H groups in total. The number of hydrogen-bond acceptors (Lipinski definition) is 2. The van der Waals surface area contributed by atoms with Crippen LogP contribution in [0.5, 0.6) is 0 Å². The van der Waals surface area contributed by atoms with Gasteiger partial charge in [0.15, 0.2) is 0 Å². The van der Waals surface area contributed by atoms with Gasteiger partial charge in [-0.25, -0.2) is 4.79 Å². The third-order valence-corrected chi connectivity index (χ3v) is 2.95. The number of hydrogen-bond donors (Lipinski definition) is 1. The first-order chi connectivity index (χ1) is 8.60. The largest absolute Gasteiger partial charge is 0.478 e. The van der Waals surface area contributed by atoms with Crippen molar-refractivity contribution in [2.24, 2.45) is 0 Å². The molecule has 2 aromatic rings. The van der Waals surface area contributed by atoms with Gasteiger partial charge in [-0.15, -0.1) is 0 Å². The molecule has 18 heavy (non-hydrogen) atoms. The van der Waals surface area contributed by atoms with Crippen LogP contribution < -0.4 is 0 Å². The summed E-state index contributed by atoms with van der Waals surface area (Å²) in [4.78, 5) is 22.3. The lowest BCUT2D eigenvalue weighted by Crippen LogP contribution is -2.00. The predicted molar refractivity (Wildman–Crippen MR) is 69.9 cm³/mol. The minimum Gasteiger partial charge on any atom is -0.478 e. The van der Waals surface area contributed by atoms with Crippen LogP contribution in [-0.4, -0.2) is 16.9 Å². The Labute approximate surface area is 105 Å². The van der Waals surface area contributed by atoms with Crippen molar-refractivity contribution in [3.05, 3.63) is 47.5 Å². The van der Waals surface area contributed by atoms with Gasteiger partial charge in [0.2, 0.25) is 0 Å². The van der Waals surface area contributed by atoms with E-state index in [1.807, 2.05) is 25.1 Å². The highest BCUT2D eigenvalue weighted by Gasteiger charge is 2.05. The van der Waals surface area contributed by atoms with E-state index in [0.29, 0.717) is 12.8 Å². The van der Waals surface area contributed by atoms with Gasteiger partial charge in [-0.3, -0.25) is 4.79 Å². The maximum atomic E-state index is 11.4. The van der Waals surface area contributed by atoms with Crippen LogP contribution in [0.3, 0.4) is 0 Å². The number of carbonyl (C=O) groups is 2. The molecule has 0 aliphatic rings. The summed E-state index contributed by atoms with van der Waals surface area (Å²) in [5.74, 6) is -0.754. The molecule has 92 valence electrons. The lowest BCUT2D eigenvalue weighted by atomic mass is 10.0. The van der Waals surface area contributed by atoms with Gasteiger partial charge >= 0.3 is 5.97 Å². The van der Waals surface area contributed by atoms with Gasteiger partial charge in [0.25, 0.3) is 0 Å². The summed E-state index contributed by atoms with van der Waals surface area (Å²) in [5, 5.41) is 10.8. The third kappa shape index (κ3) is 2.56. The number of fused-ring (bicyclic) bond motifs is 1. The van der Waals surface area contributed by atoms with Crippen molar-refractivity contribution in [1.82, 2.24) is 0 Å². The molecule has 2 rings (SSSR count).